The molecule has 0 fully saturated rings. The van der Waals surface area contributed by atoms with E-state index in [1.54, 1.807) is 18.2 Å². The fourth-order valence-electron chi connectivity index (χ4n) is 4.34. The van der Waals surface area contributed by atoms with Crippen LogP contribution in [0.4, 0.5) is 4.79 Å². The molecule has 0 saturated carbocycles. The molecule has 2 aromatic carbocycles. The molecule has 0 bridgehead atoms. The van der Waals surface area contributed by atoms with Crippen molar-refractivity contribution in [1.82, 2.24) is 20.3 Å². The maximum Gasteiger partial charge on any atom is 0.314 e. The van der Waals surface area contributed by atoms with Crippen LogP contribution in [0, 0.1) is 0 Å². The Hall–Kier alpha value is -1.96. The van der Waals surface area contributed by atoms with Crippen LogP contribution in [0.25, 0.3) is 0 Å². The first kappa shape index (κ1) is 32.6. The van der Waals surface area contributed by atoms with Crippen molar-refractivity contribution in [3.63, 3.8) is 0 Å². The number of carbonyl (C=O) groups is 1. The van der Waals surface area contributed by atoms with E-state index in [4.69, 9.17) is 37.4 Å². The molecule has 1 atom stereocenters. The Bertz CT molecular complexity index is 1200. The highest BCUT2D eigenvalue weighted by atomic mass is 35.5. The summed E-state index contributed by atoms with van der Waals surface area (Å²) in [4.78, 5) is 13.6. The molecule has 0 aromatic heterocycles. The van der Waals surface area contributed by atoms with Gasteiger partial charge in [0.25, 0.3) is 0 Å². The molecule has 3 rings (SSSR count). The summed E-state index contributed by atoms with van der Waals surface area (Å²) in [6.07, 6.45) is 0. The number of rotatable bonds is 16. The molecule has 2 aromatic rings. The van der Waals surface area contributed by atoms with Crippen LogP contribution in [0.2, 0.25) is 10.0 Å². The van der Waals surface area contributed by atoms with E-state index < -0.39 is 10.0 Å². The summed E-state index contributed by atoms with van der Waals surface area (Å²) in [6, 6.07) is 10.4. The van der Waals surface area contributed by atoms with E-state index in [0.29, 0.717) is 56.2 Å². The van der Waals surface area contributed by atoms with Crippen LogP contribution in [-0.4, -0.2) is 92.2 Å². The number of benzene rings is 2. The molecule has 1 aliphatic rings. The van der Waals surface area contributed by atoms with E-state index >= 15 is 0 Å². The zero-order valence-electron chi connectivity index (χ0n) is 22.9. The van der Waals surface area contributed by atoms with E-state index in [1.807, 2.05) is 32.2 Å². The number of likely N-dealkylation sites (N-methyl/N-ethyl adjacent to an activating group) is 1. The quantitative estimate of drug-likeness (QED) is 0.248. The fourth-order valence-corrected chi connectivity index (χ4v) is 5.93. The number of fused-ring (bicyclic) bond motifs is 1. The maximum absolute atomic E-state index is 12.7. The average Bonchev–Trinajstić information content (AvgIpc) is 2.91. The van der Waals surface area contributed by atoms with E-state index in [2.05, 4.69) is 20.3 Å². The predicted octanol–water partition coefficient (Wildman–Crippen LogP) is 3.22. The third-order valence-corrected chi connectivity index (χ3v) is 8.27. The predicted molar refractivity (Wildman–Crippen MR) is 156 cm³/mol. The molecule has 13 heteroatoms. The second kappa shape index (κ2) is 16.5. The number of ether oxygens (including phenoxy) is 3. The van der Waals surface area contributed by atoms with E-state index in [0.717, 1.165) is 29.8 Å². The van der Waals surface area contributed by atoms with Crippen molar-refractivity contribution in [3.05, 3.63) is 63.1 Å². The Labute approximate surface area is 246 Å². The average molecular weight is 618 g/mol. The first-order valence-electron chi connectivity index (χ1n) is 13.2. The third-order valence-electron chi connectivity index (χ3n) is 6.24. The Morgan fingerprint density at radius 1 is 0.950 bits per heavy atom. The Morgan fingerprint density at radius 2 is 1.57 bits per heavy atom. The van der Waals surface area contributed by atoms with Gasteiger partial charge < -0.3 is 29.7 Å². The molecular formula is C27H38Cl2N4O6S. The molecule has 222 valence electrons. The van der Waals surface area contributed by atoms with Crippen LogP contribution in [0.1, 0.15) is 29.5 Å². The first-order valence-corrected chi connectivity index (χ1v) is 15.5. The minimum absolute atomic E-state index is 0.0348. The van der Waals surface area contributed by atoms with Gasteiger partial charge in [0, 0.05) is 48.7 Å². The number of halogens is 2. The van der Waals surface area contributed by atoms with Crippen molar-refractivity contribution in [3.8, 4) is 0 Å². The van der Waals surface area contributed by atoms with Gasteiger partial charge in [-0.1, -0.05) is 35.3 Å². The van der Waals surface area contributed by atoms with Gasteiger partial charge in [-0.15, -0.1) is 0 Å². The second-order valence-electron chi connectivity index (χ2n) is 9.29. The summed E-state index contributed by atoms with van der Waals surface area (Å²) in [5, 5.41) is 6.53. The van der Waals surface area contributed by atoms with Crippen molar-refractivity contribution in [2.45, 2.75) is 24.3 Å². The fraction of sp³-hybridized carbons (Fsp3) is 0.519. The highest BCUT2D eigenvalue weighted by Gasteiger charge is 2.27. The van der Waals surface area contributed by atoms with Gasteiger partial charge in [-0.2, -0.15) is 0 Å². The molecule has 0 aliphatic carbocycles. The lowest BCUT2D eigenvalue weighted by Gasteiger charge is -2.33. The molecule has 0 saturated heterocycles. The van der Waals surface area contributed by atoms with Crippen molar-refractivity contribution in [1.29, 1.82) is 0 Å². The molecule has 1 heterocycles. The van der Waals surface area contributed by atoms with Gasteiger partial charge >= 0.3 is 6.03 Å². The van der Waals surface area contributed by atoms with Crippen LogP contribution < -0.4 is 15.4 Å². The lowest BCUT2D eigenvalue weighted by molar-refractivity contribution is 0.0165. The first-order chi connectivity index (χ1) is 19.2. The van der Waals surface area contributed by atoms with E-state index in [9.17, 15) is 13.2 Å². The summed E-state index contributed by atoms with van der Waals surface area (Å²) in [5.41, 5.74) is 3.11. The highest BCUT2D eigenvalue weighted by molar-refractivity contribution is 7.89. The lowest BCUT2D eigenvalue weighted by Crippen LogP contribution is -2.37. The summed E-state index contributed by atoms with van der Waals surface area (Å²) >= 11 is 12.7. The molecule has 2 amide bonds. The number of nitrogens with zero attached hydrogens (tertiary/aromatic N) is 1. The van der Waals surface area contributed by atoms with Crippen LogP contribution >= 0.6 is 23.2 Å². The molecule has 40 heavy (non-hydrogen) atoms. The highest BCUT2D eigenvalue weighted by Crippen LogP contribution is 2.38. The van der Waals surface area contributed by atoms with Crippen LogP contribution in [0.3, 0.4) is 0 Å². The summed E-state index contributed by atoms with van der Waals surface area (Å²) in [6.45, 7) is 6.62. The summed E-state index contributed by atoms with van der Waals surface area (Å²) in [7, 11) is -1.64. The SMILES string of the molecule is CCNC(=O)NCCOCCOCCOCCNS(=O)(=O)c1ccc(C2CN(C)Cc3c(Cl)cc(Cl)cc32)cc1. The normalized spacial score (nSPS) is 15.6. The van der Waals surface area contributed by atoms with Gasteiger partial charge in [0.15, 0.2) is 0 Å². The second-order valence-corrected chi connectivity index (χ2v) is 11.9. The van der Waals surface area contributed by atoms with Gasteiger partial charge in [-0.3, -0.25) is 0 Å². The molecule has 1 aliphatic heterocycles. The standard InChI is InChI=1S/C27H38Cl2N4O6S/c1-3-30-27(34)31-8-10-37-12-14-39-15-13-38-11-9-32-40(35,36)22-6-4-20(5-7-22)24-18-33(2)19-25-23(24)16-21(28)17-26(25)29/h4-7,16-17,24,32H,3,8-15,18-19H2,1-2H3,(H2,30,31,34). The van der Waals surface area contributed by atoms with Crippen molar-refractivity contribution in [2.24, 2.45) is 0 Å². The van der Waals surface area contributed by atoms with Gasteiger partial charge in [0.05, 0.1) is 44.5 Å². The summed E-state index contributed by atoms with van der Waals surface area (Å²) < 4.78 is 44.3. The number of urea groups is 1. The van der Waals surface area contributed by atoms with Crippen LogP contribution in [-0.2, 0) is 30.8 Å². The number of hydrogen-bond acceptors (Lipinski definition) is 7. The van der Waals surface area contributed by atoms with Crippen LogP contribution in [0.5, 0.6) is 0 Å². The topological polar surface area (TPSA) is 118 Å². The third kappa shape index (κ3) is 10.1. The molecule has 10 nitrogen and oxygen atoms in total. The van der Waals surface area contributed by atoms with E-state index in [1.165, 1.54) is 0 Å². The minimum atomic E-state index is -3.67. The molecule has 0 radical (unpaired) electrons. The van der Waals surface area contributed by atoms with Crippen molar-refractivity contribution >= 4 is 39.3 Å². The number of hydrogen-bond donors (Lipinski definition) is 3. The van der Waals surface area contributed by atoms with Gasteiger partial charge in [0.2, 0.25) is 10.0 Å². The zero-order chi connectivity index (χ0) is 29.0. The Kier molecular flexibility index (Phi) is 13.4. The van der Waals surface area contributed by atoms with Gasteiger partial charge in [-0.05, 0) is 54.9 Å². The summed E-state index contributed by atoms with van der Waals surface area (Å²) in [5.74, 6) is 0.0348. The number of amides is 2. The minimum Gasteiger partial charge on any atom is -0.378 e. The lowest BCUT2D eigenvalue weighted by atomic mass is 9.85. The molecule has 0 spiro atoms. The van der Waals surface area contributed by atoms with Crippen LogP contribution in [0.15, 0.2) is 41.3 Å². The number of sulfonamides is 1. The zero-order valence-corrected chi connectivity index (χ0v) is 25.2. The van der Waals surface area contributed by atoms with E-state index in [-0.39, 0.29) is 30.0 Å². The van der Waals surface area contributed by atoms with Crippen molar-refractivity contribution < 1.29 is 27.4 Å². The van der Waals surface area contributed by atoms with Crippen molar-refractivity contribution in [2.75, 3.05) is 72.9 Å². The number of nitrogens with one attached hydrogen (secondary N) is 3. The Balaban J connectivity index is 1.34. The molecular weight excluding hydrogens is 579 g/mol. The van der Waals surface area contributed by atoms with Gasteiger partial charge in [-0.25, -0.2) is 17.9 Å². The smallest absolute Gasteiger partial charge is 0.314 e. The largest absolute Gasteiger partial charge is 0.378 e. The maximum atomic E-state index is 12.7. The van der Waals surface area contributed by atoms with Gasteiger partial charge in [0.1, 0.15) is 0 Å². The molecule has 3 N–H and O–H groups in total. The molecule has 1 unspecified atom stereocenters. The monoisotopic (exact) mass is 616 g/mol. The Morgan fingerprint density at radius 3 is 2.23 bits per heavy atom. The number of carbonyl (C=O) groups excluding carboxylic acids is 1.